The molecule has 0 atom stereocenters. The molecule has 1 rings (SSSR count). The molecule has 0 radical (unpaired) electrons. The summed E-state index contributed by atoms with van der Waals surface area (Å²) >= 11 is 0. The van der Waals surface area contributed by atoms with Crippen molar-refractivity contribution in [2.45, 2.75) is 19.4 Å². The molecule has 0 amide bonds. The smallest absolute Gasteiger partial charge is 0.102 e. The van der Waals surface area contributed by atoms with Gasteiger partial charge in [-0.3, -0.25) is 0 Å². The Morgan fingerprint density at radius 1 is 1.50 bits per heavy atom. The topological polar surface area (TPSA) is 25.0 Å². The van der Waals surface area contributed by atoms with Crippen LogP contribution in [-0.4, -0.2) is 12.1 Å². The highest BCUT2D eigenvalue weighted by molar-refractivity contribution is 5.11. The summed E-state index contributed by atoms with van der Waals surface area (Å²) in [5.41, 5.74) is 0.916. The van der Waals surface area contributed by atoms with E-state index >= 15 is 0 Å². The second kappa shape index (κ2) is 2.46. The average Bonchev–Trinajstić information content (AvgIpc) is 2.38. The lowest BCUT2D eigenvalue weighted by atomic mass is 10.1. The molecule has 1 N–H and O–H groups in total. The zero-order valence-electron chi connectivity index (χ0n) is 6.64. The molecule has 0 unspecified atom stereocenters. The van der Waals surface area contributed by atoms with E-state index in [4.69, 9.17) is 4.74 Å². The first-order valence-corrected chi connectivity index (χ1v) is 3.36. The van der Waals surface area contributed by atoms with Crippen molar-refractivity contribution in [3.8, 4) is 0 Å². The van der Waals surface area contributed by atoms with Crippen LogP contribution in [0.2, 0.25) is 0 Å². The van der Waals surface area contributed by atoms with Gasteiger partial charge in [0.1, 0.15) is 5.60 Å². The van der Waals surface area contributed by atoms with Gasteiger partial charge in [-0.2, -0.15) is 0 Å². The van der Waals surface area contributed by atoms with Crippen molar-refractivity contribution >= 4 is 0 Å². The number of ether oxygens (including phenoxy) is 1. The van der Waals surface area contributed by atoms with Crippen molar-refractivity contribution in [1.82, 2.24) is 4.98 Å². The van der Waals surface area contributed by atoms with Gasteiger partial charge in [-0.25, -0.2) is 0 Å². The molecule has 1 aromatic rings. The lowest BCUT2D eigenvalue weighted by molar-refractivity contribution is 0.0159. The number of nitrogens with one attached hydrogen (secondary N) is 1. The maximum atomic E-state index is 5.25. The fourth-order valence-corrected chi connectivity index (χ4v) is 0.815. The number of aromatic amines is 1. The standard InChI is InChI=1S/C8H13NO/c1-8(2,10-3)7-5-4-6-9-7/h4-6,9H,1-3H3. The van der Waals surface area contributed by atoms with E-state index in [1.165, 1.54) is 0 Å². The van der Waals surface area contributed by atoms with Crippen LogP contribution in [0.4, 0.5) is 0 Å². The number of aromatic nitrogens is 1. The van der Waals surface area contributed by atoms with Crippen LogP contribution in [0.5, 0.6) is 0 Å². The lowest BCUT2D eigenvalue weighted by Crippen LogP contribution is -2.19. The van der Waals surface area contributed by atoms with Gasteiger partial charge < -0.3 is 9.72 Å². The zero-order chi connectivity index (χ0) is 7.61. The first-order chi connectivity index (χ1) is 4.67. The van der Waals surface area contributed by atoms with Crippen molar-refractivity contribution in [2.24, 2.45) is 0 Å². The maximum absolute atomic E-state index is 5.25. The van der Waals surface area contributed by atoms with E-state index in [0.717, 1.165) is 5.69 Å². The number of hydrogen-bond donors (Lipinski definition) is 1. The largest absolute Gasteiger partial charge is 0.373 e. The van der Waals surface area contributed by atoms with Crippen LogP contribution in [0.1, 0.15) is 19.5 Å². The van der Waals surface area contributed by atoms with Gasteiger partial charge in [-0.15, -0.1) is 0 Å². The van der Waals surface area contributed by atoms with Gasteiger partial charge in [0.2, 0.25) is 0 Å². The molecule has 1 aromatic heterocycles. The minimum atomic E-state index is -0.191. The molecule has 0 fully saturated rings. The Hall–Kier alpha value is -0.760. The third-order valence-corrected chi connectivity index (χ3v) is 1.76. The second-order valence-electron chi connectivity index (χ2n) is 2.80. The Bertz CT molecular complexity index is 189. The van der Waals surface area contributed by atoms with Crippen LogP contribution in [0.15, 0.2) is 18.3 Å². The van der Waals surface area contributed by atoms with E-state index in [1.807, 2.05) is 32.2 Å². The highest BCUT2D eigenvalue weighted by atomic mass is 16.5. The van der Waals surface area contributed by atoms with Crippen molar-refractivity contribution in [1.29, 1.82) is 0 Å². The molecule has 0 saturated carbocycles. The van der Waals surface area contributed by atoms with Crippen LogP contribution < -0.4 is 0 Å². The number of H-pyrrole nitrogens is 1. The van der Waals surface area contributed by atoms with Crippen molar-refractivity contribution in [3.05, 3.63) is 24.0 Å². The summed E-state index contributed by atoms with van der Waals surface area (Å²) in [6, 6.07) is 3.99. The lowest BCUT2D eigenvalue weighted by Gasteiger charge is -2.20. The minimum Gasteiger partial charge on any atom is -0.373 e. The first-order valence-electron chi connectivity index (χ1n) is 3.36. The molecule has 10 heavy (non-hydrogen) atoms. The van der Waals surface area contributed by atoms with E-state index in [0.29, 0.717) is 0 Å². The Balaban J connectivity index is 2.85. The Morgan fingerprint density at radius 2 is 2.20 bits per heavy atom. The van der Waals surface area contributed by atoms with Crippen LogP contribution in [0.25, 0.3) is 0 Å². The molecule has 0 spiro atoms. The van der Waals surface area contributed by atoms with Crippen LogP contribution in [0.3, 0.4) is 0 Å². The van der Waals surface area contributed by atoms with Crippen molar-refractivity contribution in [3.63, 3.8) is 0 Å². The fourth-order valence-electron chi connectivity index (χ4n) is 0.815. The summed E-state index contributed by atoms with van der Waals surface area (Å²) in [6.07, 6.45) is 1.90. The second-order valence-corrected chi connectivity index (χ2v) is 2.80. The third kappa shape index (κ3) is 1.21. The first kappa shape index (κ1) is 7.35. The van der Waals surface area contributed by atoms with Crippen LogP contribution in [0, 0.1) is 0 Å². The van der Waals surface area contributed by atoms with E-state index in [9.17, 15) is 0 Å². The predicted octanol–water partition coefficient (Wildman–Crippen LogP) is 1.90. The Kier molecular flexibility index (Phi) is 1.81. The normalized spacial score (nSPS) is 11.9. The summed E-state index contributed by atoms with van der Waals surface area (Å²) < 4.78 is 5.25. The Labute approximate surface area is 61.2 Å². The predicted molar refractivity (Wildman–Crippen MR) is 40.8 cm³/mol. The molecule has 0 aliphatic carbocycles. The van der Waals surface area contributed by atoms with E-state index in [-0.39, 0.29) is 5.60 Å². The maximum Gasteiger partial charge on any atom is 0.102 e. The molecule has 1 heterocycles. The minimum absolute atomic E-state index is 0.191. The number of rotatable bonds is 2. The van der Waals surface area contributed by atoms with E-state index in [1.54, 1.807) is 7.11 Å². The summed E-state index contributed by atoms with van der Waals surface area (Å²) in [6.45, 7) is 4.05. The third-order valence-electron chi connectivity index (χ3n) is 1.76. The van der Waals surface area contributed by atoms with Gasteiger partial charge in [0.05, 0.1) is 0 Å². The molecule has 0 aliphatic rings. The van der Waals surface area contributed by atoms with Gasteiger partial charge in [0, 0.05) is 19.0 Å². The highest BCUT2D eigenvalue weighted by Gasteiger charge is 2.19. The average molecular weight is 139 g/mol. The number of methoxy groups -OCH3 is 1. The van der Waals surface area contributed by atoms with Crippen LogP contribution >= 0.6 is 0 Å². The highest BCUT2D eigenvalue weighted by Crippen LogP contribution is 2.20. The molecule has 2 heteroatoms. The molecular weight excluding hydrogens is 126 g/mol. The molecule has 0 aliphatic heterocycles. The quantitative estimate of drug-likeness (QED) is 0.665. The molecule has 0 bridgehead atoms. The van der Waals surface area contributed by atoms with Crippen molar-refractivity contribution in [2.75, 3.05) is 7.11 Å². The fraction of sp³-hybridized carbons (Fsp3) is 0.500. The van der Waals surface area contributed by atoms with Gasteiger partial charge >= 0.3 is 0 Å². The van der Waals surface area contributed by atoms with Gasteiger partial charge in [-0.05, 0) is 26.0 Å². The van der Waals surface area contributed by atoms with Crippen LogP contribution in [-0.2, 0) is 10.3 Å². The van der Waals surface area contributed by atoms with Gasteiger partial charge in [0.25, 0.3) is 0 Å². The zero-order valence-corrected chi connectivity index (χ0v) is 6.64. The molecule has 0 aromatic carbocycles. The molecule has 0 saturated heterocycles. The Morgan fingerprint density at radius 3 is 2.60 bits per heavy atom. The molecular formula is C8H13NO. The SMILES string of the molecule is COC(C)(C)c1ccc[nH]1. The van der Waals surface area contributed by atoms with Crippen molar-refractivity contribution < 1.29 is 4.74 Å². The van der Waals surface area contributed by atoms with Gasteiger partial charge in [0.15, 0.2) is 0 Å². The summed E-state index contributed by atoms with van der Waals surface area (Å²) in [7, 11) is 1.71. The molecule has 2 nitrogen and oxygen atoms in total. The monoisotopic (exact) mass is 139 g/mol. The summed E-state index contributed by atoms with van der Waals surface area (Å²) in [4.78, 5) is 3.10. The van der Waals surface area contributed by atoms with E-state index < -0.39 is 0 Å². The summed E-state index contributed by atoms with van der Waals surface area (Å²) in [5.74, 6) is 0. The summed E-state index contributed by atoms with van der Waals surface area (Å²) in [5, 5.41) is 0. The number of hydrogen-bond acceptors (Lipinski definition) is 1. The van der Waals surface area contributed by atoms with E-state index in [2.05, 4.69) is 4.98 Å². The molecule has 56 valence electrons. The van der Waals surface area contributed by atoms with Gasteiger partial charge in [-0.1, -0.05) is 0 Å².